The smallest absolute Gasteiger partial charge is 0.341 e. The summed E-state index contributed by atoms with van der Waals surface area (Å²) in [5, 5.41) is 0. The fraction of sp³-hybridized carbons (Fsp3) is 0.708. The Morgan fingerprint density at radius 2 is 1.33 bits per heavy atom. The molecule has 0 aliphatic heterocycles. The summed E-state index contributed by atoms with van der Waals surface area (Å²) in [7, 11) is 0. The second kappa shape index (κ2) is 14.2. The number of hydrogen-bond donors (Lipinski definition) is 0. The van der Waals surface area contributed by atoms with Crippen molar-refractivity contribution in [2.24, 2.45) is 0 Å². The molecule has 1 aliphatic rings. The molecule has 2 nitrogen and oxygen atoms in total. The van der Waals surface area contributed by atoms with Gasteiger partial charge in [0.25, 0.3) is 0 Å². The molecule has 0 aromatic heterocycles. The molecule has 0 radical (unpaired) electrons. The Morgan fingerprint density at radius 1 is 0.800 bits per heavy atom. The molecule has 0 bridgehead atoms. The largest absolute Gasteiger partial charge is 0.367 e. The van der Waals surface area contributed by atoms with Crippen LogP contribution in [0.15, 0.2) is 30.3 Å². The highest BCUT2D eigenvalue weighted by Gasteiger charge is 2.40. The Balaban J connectivity index is 1.57. The number of rotatable bonds is 15. The first-order chi connectivity index (χ1) is 14.4. The molecule has 0 N–H and O–H groups in total. The van der Waals surface area contributed by atoms with E-state index in [1.165, 1.54) is 51.4 Å². The van der Waals surface area contributed by atoms with Crippen LogP contribution < -0.4 is 0 Å². The van der Waals surface area contributed by atoms with Crippen LogP contribution in [-0.2, 0) is 4.74 Å². The maximum Gasteiger partial charge on any atom is 0.341 e. The summed E-state index contributed by atoms with van der Waals surface area (Å²) < 4.78 is 6.31. The standard InChI is InChI=1S/C24H37Cl3O2Si/c25-30(26,27)21-15-7-5-3-1-2-4-6-14-20-29-24(18-12-9-13-19-24)23(28)22-16-10-8-11-17-22/h8,10-11,16-17H,1-7,9,12-15,18-21H2. The van der Waals surface area contributed by atoms with Crippen molar-refractivity contribution < 1.29 is 9.53 Å². The third-order valence-corrected chi connectivity index (χ3v) is 8.72. The lowest BCUT2D eigenvalue weighted by molar-refractivity contribution is -0.0474. The fourth-order valence-corrected chi connectivity index (χ4v) is 6.20. The lowest BCUT2D eigenvalue weighted by atomic mass is 9.79. The normalized spacial score (nSPS) is 16.5. The SMILES string of the molecule is O=C(c1ccccc1)C1(OCCCCCCCCCCC[Si](Cl)(Cl)Cl)CCCCC1. The highest BCUT2D eigenvalue weighted by atomic mass is 35.8. The number of halogens is 3. The van der Waals surface area contributed by atoms with Crippen molar-refractivity contribution in [1.82, 2.24) is 0 Å². The van der Waals surface area contributed by atoms with Crippen LogP contribution in [0.5, 0.6) is 0 Å². The molecule has 1 fully saturated rings. The van der Waals surface area contributed by atoms with Gasteiger partial charge in [-0.25, -0.2) is 0 Å². The average Bonchev–Trinajstić information content (AvgIpc) is 2.74. The van der Waals surface area contributed by atoms with Crippen molar-refractivity contribution in [2.45, 2.75) is 102 Å². The van der Waals surface area contributed by atoms with Crippen LogP contribution in [0, 0.1) is 0 Å². The van der Waals surface area contributed by atoms with Crippen LogP contribution >= 0.6 is 33.2 Å². The van der Waals surface area contributed by atoms with E-state index in [1.54, 1.807) is 0 Å². The second-order valence-corrected chi connectivity index (χ2v) is 17.9. The van der Waals surface area contributed by atoms with Gasteiger partial charge in [-0.15, -0.1) is 33.2 Å². The predicted octanol–water partition coefficient (Wildman–Crippen LogP) is 8.76. The molecule has 0 spiro atoms. The quantitative estimate of drug-likeness (QED) is 0.106. The Bertz CT molecular complexity index is 598. The number of unbranched alkanes of at least 4 members (excludes halogenated alkanes) is 8. The van der Waals surface area contributed by atoms with Gasteiger partial charge in [0.05, 0.1) is 0 Å². The van der Waals surface area contributed by atoms with Gasteiger partial charge in [0.1, 0.15) is 5.60 Å². The minimum atomic E-state index is -2.41. The van der Waals surface area contributed by atoms with Gasteiger partial charge >= 0.3 is 6.00 Å². The van der Waals surface area contributed by atoms with Crippen molar-refractivity contribution in [1.29, 1.82) is 0 Å². The molecule has 1 aromatic rings. The minimum Gasteiger partial charge on any atom is -0.367 e. The molecule has 30 heavy (non-hydrogen) atoms. The molecule has 1 aromatic carbocycles. The maximum absolute atomic E-state index is 13.1. The molecule has 2 rings (SSSR count). The van der Waals surface area contributed by atoms with Crippen LogP contribution in [0.1, 0.15) is 100 Å². The van der Waals surface area contributed by atoms with E-state index in [9.17, 15) is 4.79 Å². The van der Waals surface area contributed by atoms with Gasteiger partial charge in [0, 0.05) is 12.2 Å². The molecule has 0 heterocycles. The van der Waals surface area contributed by atoms with Crippen molar-refractivity contribution >= 4 is 45.0 Å². The van der Waals surface area contributed by atoms with E-state index in [0.29, 0.717) is 6.61 Å². The lowest BCUT2D eigenvalue weighted by Gasteiger charge is -2.36. The van der Waals surface area contributed by atoms with Gasteiger partial charge < -0.3 is 4.74 Å². The first kappa shape index (κ1) is 26.2. The van der Waals surface area contributed by atoms with E-state index in [4.69, 9.17) is 38.0 Å². The van der Waals surface area contributed by atoms with Crippen molar-refractivity contribution in [2.75, 3.05) is 6.61 Å². The number of hydrogen-bond acceptors (Lipinski definition) is 2. The zero-order chi connectivity index (χ0) is 21.7. The third-order valence-electron chi connectivity index (χ3n) is 6.09. The second-order valence-electron chi connectivity index (χ2n) is 8.65. The molecule has 0 atom stereocenters. The van der Waals surface area contributed by atoms with Gasteiger partial charge in [-0.1, -0.05) is 101 Å². The number of ketones is 1. The van der Waals surface area contributed by atoms with Crippen molar-refractivity contribution in [3.8, 4) is 0 Å². The van der Waals surface area contributed by atoms with Crippen LogP contribution in [0.2, 0.25) is 6.04 Å². The Hall–Kier alpha value is -0.0631. The van der Waals surface area contributed by atoms with E-state index >= 15 is 0 Å². The molecular weight excluding hydrogens is 455 g/mol. The first-order valence-corrected chi connectivity index (χ1v) is 17.0. The van der Waals surface area contributed by atoms with E-state index < -0.39 is 11.6 Å². The molecule has 1 saturated carbocycles. The first-order valence-electron chi connectivity index (χ1n) is 11.7. The zero-order valence-electron chi connectivity index (χ0n) is 18.2. The number of carbonyl (C=O) groups is 1. The minimum absolute atomic E-state index is 0.181. The third kappa shape index (κ3) is 10.0. The highest BCUT2D eigenvalue weighted by Crippen LogP contribution is 2.35. The van der Waals surface area contributed by atoms with Gasteiger partial charge in [0.2, 0.25) is 0 Å². The van der Waals surface area contributed by atoms with Crippen LogP contribution in [0.4, 0.5) is 0 Å². The maximum atomic E-state index is 13.1. The highest BCUT2D eigenvalue weighted by molar-refractivity contribution is 7.64. The van der Waals surface area contributed by atoms with E-state index in [2.05, 4.69) is 0 Å². The van der Waals surface area contributed by atoms with Gasteiger partial charge in [0.15, 0.2) is 5.78 Å². The topological polar surface area (TPSA) is 26.3 Å². The summed E-state index contributed by atoms with van der Waals surface area (Å²) in [6, 6.07) is 8.04. The van der Waals surface area contributed by atoms with Crippen molar-refractivity contribution in [3.63, 3.8) is 0 Å². The average molecular weight is 492 g/mol. The summed E-state index contributed by atoms with van der Waals surface area (Å²) in [5.41, 5.74) is 0.199. The summed E-state index contributed by atoms with van der Waals surface area (Å²) in [4.78, 5) is 13.1. The van der Waals surface area contributed by atoms with Crippen LogP contribution in [-0.4, -0.2) is 24.0 Å². The van der Waals surface area contributed by atoms with E-state index in [0.717, 1.165) is 50.1 Å². The lowest BCUT2D eigenvalue weighted by Crippen LogP contribution is -2.43. The monoisotopic (exact) mass is 490 g/mol. The van der Waals surface area contributed by atoms with Crippen molar-refractivity contribution in [3.05, 3.63) is 35.9 Å². The molecule has 170 valence electrons. The Labute approximate surface area is 198 Å². The van der Waals surface area contributed by atoms with Crippen LogP contribution in [0.25, 0.3) is 0 Å². The van der Waals surface area contributed by atoms with E-state index in [-0.39, 0.29) is 5.78 Å². The van der Waals surface area contributed by atoms with Gasteiger partial charge in [-0.05, 0) is 25.3 Å². The Morgan fingerprint density at radius 3 is 1.90 bits per heavy atom. The van der Waals surface area contributed by atoms with E-state index in [1.807, 2.05) is 30.3 Å². The molecular formula is C24H37Cl3O2Si. The summed E-state index contributed by atoms with van der Waals surface area (Å²) in [6.07, 6.45) is 15.8. The fourth-order valence-electron chi connectivity index (χ4n) is 4.34. The molecule has 6 heteroatoms. The van der Waals surface area contributed by atoms with Gasteiger partial charge in [-0.3, -0.25) is 4.79 Å². The molecule has 0 saturated heterocycles. The van der Waals surface area contributed by atoms with Crippen LogP contribution in [0.3, 0.4) is 0 Å². The number of carbonyl (C=O) groups excluding carboxylic acids is 1. The molecule has 0 amide bonds. The number of Topliss-reactive ketones (excluding diaryl/α,β-unsaturated/α-hetero) is 1. The number of ether oxygens (including phenoxy) is 1. The summed E-state index contributed by atoms with van der Waals surface area (Å²) in [5.74, 6) is 0.181. The predicted molar refractivity (Wildman–Crippen MR) is 132 cm³/mol. The summed E-state index contributed by atoms with van der Waals surface area (Å²) in [6.45, 7) is 0.694. The summed E-state index contributed by atoms with van der Waals surface area (Å²) >= 11 is 17.7. The number of benzene rings is 1. The molecule has 0 unspecified atom stereocenters. The zero-order valence-corrected chi connectivity index (χ0v) is 21.4. The van der Waals surface area contributed by atoms with Gasteiger partial charge in [-0.2, -0.15) is 0 Å². The Kier molecular flexibility index (Phi) is 12.4. The molecule has 1 aliphatic carbocycles.